The molecule has 2 rings (SSSR count). The number of rotatable bonds is 3. The Labute approximate surface area is 115 Å². The molecule has 2 aromatic rings. The number of halogens is 3. The van der Waals surface area contributed by atoms with E-state index in [1.54, 1.807) is 0 Å². The van der Waals surface area contributed by atoms with E-state index in [0.29, 0.717) is 0 Å². The topological polar surface area (TPSA) is 70.9 Å². The van der Waals surface area contributed by atoms with Crippen LogP contribution in [0.1, 0.15) is 11.1 Å². The lowest BCUT2D eigenvalue weighted by atomic mass is 10.1. The number of nitrogens with one attached hydrogen (secondary N) is 1. The van der Waals surface area contributed by atoms with E-state index in [0.717, 1.165) is 17.8 Å². The lowest BCUT2D eigenvalue weighted by molar-refractivity contribution is -0.138. The third kappa shape index (κ3) is 2.88. The van der Waals surface area contributed by atoms with Crippen LogP contribution < -0.4 is 5.69 Å². The first-order valence-corrected chi connectivity index (χ1v) is 6.25. The van der Waals surface area contributed by atoms with Crippen molar-refractivity contribution in [2.75, 3.05) is 0 Å². The molecule has 1 aromatic heterocycles. The Morgan fingerprint density at radius 3 is 2.65 bits per heavy atom. The van der Waals surface area contributed by atoms with Crippen LogP contribution in [0.4, 0.5) is 13.2 Å². The molecule has 0 spiro atoms. The fraction of sp³-hybridized carbons (Fsp3) is 0.273. The molecule has 0 unspecified atom stereocenters. The van der Waals surface area contributed by atoms with Crippen molar-refractivity contribution >= 4 is 11.8 Å². The van der Waals surface area contributed by atoms with Gasteiger partial charge in [0.2, 0.25) is 0 Å². The summed E-state index contributed by atoms with van der Waals surface area (Å²) in [6.07, 6.45) is -4.55. The van der Waals surface area contributed by atoms with E-state index in [2.05, 4.69) is 10.2 Å². The fourth-order valence-corrected chi connectivity index (χ4v) is 2.38. The van der Waals surface area contributed by atoms with Gasteiger partial charge in [-0.1, -0.05) is 6.07 Å². The summed E-state index contributed by atoms with van der Waals surface area (Å²) in [5.74, 6) is 0. The second-order valence-electron chi connectivity index (χ2n) is 3.95. The summed E-state index contributed by atoms with van der Waals surface area (Å²) in [4.78, 5) is 11.4. The predicted molar refractivity (Wildman–Crippen MR) is 65.3 cm³/mol. The lowest BCUT2D eigenvalue weighted by Crippen LogP contribution is -2.13. The predicted octanol–water partition coefficient (Wildman–Crippen LogP) is 1.77. The van der Waals surface area contributed by atoms with Crippen molar-refractivity contribution in [3.8, 4) is 0 Å². The summed E-state index contributed by atoms with van der Waals surface area (Å²) in [7, 11) is 1.46. The molecule has 108 valence electrons. The first-order valence-electron chi connectivity index (χ1n) is 5.43. The minimum absolute atomic E-state index is 0.197. The minimum Gasteiger partial charge on any atom is -0.392 e. The number of aliphatic hydroxyl groups excluding tert-OH is 1. The molecule has 9 heteroatoms. The van der Waals surface area contributed by atoms with Crippen molar-refractivity contribution in [3.05, 3.63) is 39.8 Å². The second-order valence-corrected chi connectivity index (χ2v) is 4.99. The largest absolute Gasteiger partial charge is 0.416 e. The van der Waals surface area contributed by atoms with Crippen LogP contribution in [0.3, 0.4) is 0 Å². The molecule has 0 aliphatic heterocycles. The maximum Gasteiger partial charge on any atom is 0.416 e. The third-order valence-electron chi connectivity index (χ3n) is 2.60. The number of aromatic amines is 1. The molecular formula is C11H10F3N3O2S. The second kappa shape index (κ2) is 5.33. The molecule has 0 saturated heterocycles. The lowest BCUT2D eigenvalue weighted by Gasteiger charge is -2.12. The molecule has 1 heterocycles. The summed E-state index contributed by atoms with van der Waals surface area (Å²) in [5, 5.41) is 15.1. The first-order chi connectivity index (χ1) is 9.32. The maximum absolute atomic E-state index is 12.8. The number of aliphatic hydroxyl groups is 1. The van der Waals surface area contributed by atoms with Gasteiger partial charge in [-0.25, -0.2) is 9.89 Å². The smallest absolute Gasteiger partial charge is 0.392 e. The Morgan fingerprint density at radius 2 is 2.15 bits per heavy atom. The number of hydrogen-bond donors (Lipinski definition) is 2. The minimum atomic E-state index is -4.55. The SMILES string of the molecule is Cn1c(Sc2ccc(CO)c(C(F)(F)F)c2)n[nH]c1=O. The summed E-state index contributed by atoms with van der Waals surface area (Å²) >= 11 is 0.923. The van der Waals surface area contributed by atoms with E-state index in [4.69, 9.17) is 5.11 Å². The normalized spacial score (nSPS) is 11.8. The molecule has 0 bridgehead atoms. The molecule has 20 heavy (non-hydrogen) atoms. The van der Waals surface area contributed by atoms with E-state index in [9.17, 15) is 18.0 Å². The van der Waals surface area contributed by atoms with Crippen LogP contribution in [0.15, 0.2) is 33.0 Å². The molecule has 5 nitrogen and oxygen atoms in total. The van der Waals surface area contributed by atoms with Crippen molar-refractivity contribution in [2.24, 2.45) is 7.05 Å². The molecule has 1 aromatic carbocycles. The standard InChI is InChI=1S/C11H10F3N3O2S/c1-17-9(19)15-16-10(17)20-7-3-2-6(5-18)8(4-7)11(12,13)14/h2-4,18H,5H2,1H3,(H,15,19). The van der Waals surface area contributed by atoms with Gasteiger partial charge in [0.1, 0.15) is 0 Å². The summed E-state index contributed by atoms with van der Waals surface area (Å²) < 4.78 is 39.7. The number of hydrogen-bond acceptors (Lipinski definition) is 4. The molecular weight excluding hydrogens is 295 g/mol. The average molecular weight is 305 g/mol. The number of alkyl halides is 3. The summed E-state index contributed by atoms with van der Waals surface area (Å²) in [5.41, 5.74) is -1.54. The first kappa shape index (κ1) is 14.7. The van der Waals surface area contributed by atoms with E-state index >= 15 is 0 Å². The Bertz CT molecular complexity index is 678. The maximum atomic E-state index is 12.8. The number of nitrogens with zero attached hydrogens (tertiary/aromatic N) is 2. The van der Waals surface area contributed by atoms with E-state index < -0.39 is 24.0 Å². The Kier molecular flexibility index (Phi) is 3.91. The molecule has 0 fully saturated rings. The highest BCUT2D eigenvalue weighted by molar-refractivity contribution is 7.99. The molecule has 2 N–H and O–H groups in total. The Hall–Kier alpha value is -1.74. The van der Waals surface area contributed by atoms with E-state index in [-0.39, 0.29) is 15.6 Å². The van der Waals surface area contributed by atoms with Crippen molar-refractivity contribution in [3.63, 3.8) is 0 Å². The number of benzene rings is 1. The van der Waals surface area contributed by atoms with E-state index in [1.165, 1.54) is 23.7 Å². The molecule has 0 amide bonds. The molecule has 0 atom stereocenters. The fourth-order valence-electron chi connectivity index (χ4n) is 1.55. The monoisotopic (exact) mass is 305 g/mol. The molecule has 0 saturated carbocycles. The zero-order valence-corrected chi connectivity index (χ0v) is 11.0. The molecule has 0 aliphatic rings. The Morgan fingerprint density at radius 1 is 1.45 bits per heavy atom. The van der Waals surface area contributed by atoms with Crippen LogP contribution in [-0.2, 0) is 19.8 Å². The van der Waals surface area contributed by atoms with Gasteiger partial charge in [0, 0.05) is 11.9 Å². The van der Waals surface area contributed by atoms with Gasteiger partial charge in [-0.05, 0) is 29.5 Å². The summed E-state index contributed by atoms with van der Waals surface area (Å²) in [6, 6.07) is 3.57. The van der Waals surface area contributed by atoms with E-state index in [1.807, 2.05) is 0 Å². The van der Waals surface area contributed by atoms with Gasteiger partial charge in [-0.15, -0.1) is 5.10 Å². The third-order valence-corrected chi connectivity index (χ3v) is 3.64. The van der Waals surface area contributed by atoms with Crippen LogP contribution in [0.5, 0.6) is 0 Å². The highest BCUT2D eigenvalue weighted by Crippen LogP contribution is 2.36. The number of H-pyrrole nitrogens is 1. The molecule has 0 radical (unpaired) electrons. The van der Waals surface area contributed by atoms with Crippen LogP contribution in [0, 0.1) is 0 Å². The van der Waals surface area contributed by atoms with Crippen molar-refractivity contribution < 1.29 is 18.3 Å². The molecule has 0 aliphatic carbocycles. The van der Waals surface area contributed by atoms with Gasteiger partial charge in [0.05, 0.1) is 12.2 Å². The number of aromatic nitrogens is 3. The van der Waals surface area contributed by atoms with Crippen LogP contribution in [0.2, 0.25) is 0 Å². The average Bonchev–Trinajstić information content (AvgIpc) is 2.70. The zero-order valence-electron chi connectivity index (χ0n) is 10.2. The van der Waals surface area contributed by atoms with Gasteiger partial charge in [0.25, 0.3) is 0 Å². The highest BCUT2D eigenvalue weighted by Gasteiger charge is 2.33. The van der Waals surface area contributed by atoms with Crippen molar-refractivity contribution in [1.29, 1.82) is 0 Å². The van der Waals surface area contributed by atoms with Gasteiger partial charge >= 0.3 is 11.9 Å². The highest BCUT2D eigenvalue weighted by atomic mass is 32.2. The van der Waals surface area contributed by atoms with Crippen LogP contribution in [0.25, 0.3) is 0 Å². The quantitative estimate of drug-likeness (QED) is 0.906. The van der Waals surface area contributed by atoms with Crippen molar-refractivity contribution in [2.45, 2.75) is 22.8 Å². The van der Waals surface area contributed by atoms with Gasteiger partial charge in [-0.3, -0.25) is 4.57 Å². The summed E-state index contributed by atoms with van der Waals surface area (Å²) in [6.45, 7) is -0.694. The van der Waals surface area contributed by atoms with Gasteiger partial charge in [0.15, 0.2) is 5.16 Å². The van der Waals surface area contributed by atoms with Crippen LogP contribution in [-0.4, -0.2) is 19.9 Å². The van der Waals surface area contributed by atoms with Crippen LogP contribution >= 0.6 is 11.8 Å². The van der Waals surface area contributed by atoms with Gasteiger partial charge < -0.3 is 5.11 Å². The Balaban J connectivity index is 2.39. The zero-order chi connectivity index (χ0) is 14.9. The van der Waals surface area contributed by atoms with Crippen molar-refractivity contribution in [1.82, 2.24) is 14.8 Å². The van der Waals surface area contributed by atoms with Gasteiger partial charge in [-0.2, -0.15) is 13.2 Å².